The van der Waals surface area contributed by atoms with E-state index in [2.05, 4.69) is 6.92 Å². The molecule has 2 atom stereocenters. The lowest BCUT2D eigenvalue weighted by atomic mass is 9.89. The Morgan fingerprint density at radius 1 is 1.37 bits per heavy atom. The molecule has 0 aliphatic heterocycles. The lowest BCUT2D eigenvalue weighted by molar-refractivity contribution is -0.138. The minimum Gasteiger partial charge on any atom is -0.497 e. The number of rotatable bonds is 8. The van der Waals surface area contributed by atoms with Crippen LogP contribution in [0.1, 0.15) is 25.3 Å². The molecule has 0 fully saturated rings. The molecule has 1 aromatic carbocycles. The highest BCUT2D eigenvalue weighted by molar-refractivity contribution is 5.67. The SMILES string of the molecule is COc1ccc(CC(C)CC(CN)CC(=O)O)cc1. The van der Waals surface area contributed by atoms with E-state index >= 15 is 0 Å². The summed E-state index contributed by atoms with van der Waals surface area (Å²) in [6.45, 7) is 2.56. The van der Waals surface area contributed by atoms with E-state index in [0.717, 1.165) is 18.6 Å². The molecule has 106 valence electrons. The standard InChI is InChI=1S/C15H23NO3/c1-11(8-13(10-16)9-15(17)18)7-12-3-5-14(19-2)6-4-12/h3-6,11,13H,7-10,16H2,1-2H3,(H,17,18). The molecule has 0 saturated heterocycles. The highest BCUT2D eigenvalue weighted by Crippen LogP contribution is 2.20. The van der Waals surface area contributed by atoms with Gasteiger partial charge in [0.25, 0.3) is 0 Å². The van der Waals surface area contributed by atoms with Crippen LogP contribution in [-0.4, -0.2) is 24.7 Å². The summed E-state index contributed by atoms with van der Waals surface area (Å²) in [6.07, 6.45) is 1.93. The van der Waals surface area contributed by atoms with Crippen molar-refractivity contribution >= 4 is 5.97 Å². The molecule has 0 amide bonds. The molecule has 0 radical (unpaired) electrons. The predicted molar refractivity (Wildman–Crippen MR) is 75.3 cm³/mol. The summed E-state index contributed by atoms with van der Waals surface area (Å²) in [5, 5.41) is 8.81. The van der Waals surface area contributed by atoms with Crippen LogP contribution in [0.15, 0.2) is 24.3 Å². The van der Waals surface area contributed by atoms with Gasteiger partial charge in [0.2, 0.25) is 0 Å². The summed E-state index contributed by atoms with van der Waals surface area (Å²) in [5.74, 6) is 0.557. The van der Waals surface area contributed by atoms with Gasteiger partial charge in [0.15, 0.2) is 0 Å². The fraction of sp³-hybridized carbons (Fsp3) is 0.533. The first-order valence-corrected chi connectivity index (χ1v) is 6.60. The molecular formula is C15H23NO3. The Kier molecular flexibility index (Phi) is 6.36. The molecular weight excluding hydrogens is 242 g/mol. The maximum absolute atomic E-state index is 10.7. The van der Waals surface area contributed by atoms with Crippen LogP contribution in [0, 0.1) is 11.8 Å². The molecule has 4 heteroatoms. The third-order valence-electron chi connectivity index (χ3n) is 3.28. The summed E-state index contributed by atoms with van der Waals surface area (Å²) in [5.41, 5.74) is 6.86. The molecule has 0 bridgehead atoms. The number of carboxylic acid groups (broad SMARTS) is 1. The van der Waals surface area contributed by atoms with Gasteiger partial charge in [-0.25, -0.2) is 0 Å². The Morgan fingerprint density at radius 3 is 2.47 bits per heavy atom. The Bertz CT molecular complexity index is 389. The summed E-state index contributed by atoms with van der Waals surface area (Å²) >= 11 is 0. The number of hydrogen-bond acceptors (Lipinski definition) is 3. The number of methoxy groups -OCH3 is 1. The zero-order valence-electron chi connectivity index (χ0n) is 11.6. The molecule has 3 N–H and O–H groups in total. The van der Waals surface area contributed by atoms with Gasteiger partial charge in [-0.05, 0) is 48.9 Å². The number of ether oxygens (including phenoxy) is 1. The van der Waals surface area contributed by atoms with Crippen molar-refractivity contribution in [2.45, 2.75) is 26.2 Å². The lowest BCUT2D eigenvalue weighted by Crippen LogP contribution is -2.21. The van der Waals surface area contributed by atoms with Gasteiger partial charge in [-0.1, -0.05) is 19.1 Å². The van der Waals surface area contributed by atoms with E-state index in [1.165, 1.54) is 5.56 Å². The third kappa shape index (κ3) is 5.75. The normalized spacial score (nSPS) is 13.8. The van der Waals surface area contributed by atoms with Crippen LogP contribution < -0.4 is 10.5 Å². The molecule has 1 rings (SSSR count). The third-order valence-corrected chi connectivity index (χ3v) is 3.28. The van der Waals surface area contributed by atoms with Gasteiger partial charge in [0.1, 0.15) is 5.75 Å². The van der Waals surface area contributed by atoms with Crippen LogP contribution >= 0.6 is 0 Å². The zero-order chi connectivity index (χ0) is 14.3. The van der Waals surface area contributed by atoms with Crippen molar-refractivity contribution in [2.24, 2.45) is 17.6 Å². The number of benzene rings is 1. The van der Waals surface area contributed by atoms with Crippen LogP contribution in [0.25, 0.3) is 0 Å². The first kappa shape index (κ1) is 15.5. The Morgan fingerprint density at radius 2 is 2.00 bits per heavy atom. The van der Waals surface area contributed by atoms with Gasteiger partial charge >= 0.3 is 5.97 Å². The second kappa shape index (κ2) is 7.79. The fourth-order valence-corrected chi connectivity index (χ4v) is 2.33. The van der Waals surface area contributed by atoms with E-state index in [1.54, 1.807) is 7.11 Å². The van der Waals surface area contributed by atoms with Crippen LogP contribution in [0.3, 0.4) is 0 Å². The molecule has 19 heavy (non-hydrogen) atoms. The second-order valence-electron chi connectivity index (χ2n) is 5.09. The summed E-state index contributed by atoms with van der Waals surface area (Å²) in [6, 6.07) is 7.98. The monoisotopic (exact) mass is 265 g/mol. The lowest BCUT2D eigenvalue weighted by Gasteiger charge is -2.18. The number of nitrogens with two attached hydrogens (primary N) is 1. The molecule has 0 aliphatic carbocycles. The molecule has 0 aliphatic rings. The van der Waals surface area contributed by atoms with Gasteiger partial charge in [0, 0.05) is 6.42 Å². The molecule has 4 nitrogen and oxygen atoms in total. The van der Waals surface area contributed by atoms with Crippen LogP contribution in [-0.2, 0) is 11.2 Å². The van der Waals surface area contributed by atoms with E-state index in [4.69, 9.17) is 15.6 Å². The maximum Gasteiger partial charge on any atom is 0.303 e. The van der Waals surface area contributed by atoms with Gasteiger partial charge < -0.3 is 15.6 Å². The number of hydrogen-bond donors (Lipinski definition) is 2. The predicted octanol–water partition coefficient (Wildman–Crippen LogP) is 2.31. The zero-order valence-corrected chi connectivity index (χ0v) is 11.6. The van der Waals surface area contributed by atoms with Crippen LogP contribution in [0.2, 0.25) is 0 Å². The first-order valence-electron chi connectivity index (χ1n) is 6.60. The average Bonchev–Trinajstić information content (AvgIpc) is 2.38. The number of carboxylic acids is 1. The average molecular weight is 265 g/mol. The van der Waals surface area contributed by atoms with E-state index in [1.807, 2.05) is 24.3 Å². The minimum absolute atomic E-state index is 0.0609. The van der Waals surface area contributed by atoms with Crippen molar-refractivity contribution in [1.29, 1.82) is 0 Å². The first-order chi connectivity index (χ1) is 9.05. The summed E-state index contributed by atoms with van der Waals surface area (Å²) in [4.78, 5) is 10.7. The topological polar surface area (TPSA) is 72.5 Å². The van der Waals surface area contributed by atoms with Gasteiger partial charge in [-0.15, -0.1) is 0 Å². The summed E-state index contributed by atoms with van der Waals surface area (Å²) < 4.78 is 5.12. The Balaban J connectivity index is 2.48. The van der Waals surface area contributed by atoms with E-state index in [9.17, 15) is 4.79 Å². The Hall–Kier alpha value is -1.55. The highest BCUT2D eigenvalue weighted by atomic mass is 16.5. The molecule has 1 aromatic rings. The molecule has 0 saturated carbocycles. The number of aliphatic carboxylic acids is 1. The van der Waals surface area contributed by atoms with Gasteiger partial charge in [-0.3, -0.25) is 4.79 Å². The van der Waals surface area contributed by atoms with Gasteiger partial charge in [0.05, 0.1) is 7.11 Å². The molecule has 0 spiro atoms. The second-order valence-corrected chi connectivity index (χ2v) is 5.09. The van der Waals surface area contributed by atoms with Crippen molar-refractivity contribution in [3.8, 4) is 5.75 Å². The van der Waals surface area contributed by atoms with E-state index in [-0.39, 0.29) is 12.3 Å². The summed E-state index contributed by atoms with van der Waals surface area (Å²) in [7, 11) is 1.65. The van der Waals surface area contributed by atoms with Crippen molar-refractivity contribution in [1.82, 2.24) is 0 Å². The van der Waals surface area contributed by atoms with Crippen LogP contribution in [0.5, 0.6) is 5.75 Å². The van der Waals surface area contributed by atoms with Crippen molar-refractivity contribution in [3.63, 3.8) is 0 Å². The quantitative estimate of drug-likeness (QED) is 0.756. The van der Waals surface area contributed by atoms with Crippen LogP contribution in [0.4, 0.5) is 0 Å². The van der Waals surface area contributed by atoms with Crippen molar-refractivity contribution in [2.75, 3.05) is 13.7 Å². The van der Waals surface area contributed by atoms with E-state index < -0.39 is 5.97 Å². The van der Waals surface area contributed by atoms with Gasteiger partial charge in [-0.2, -0.15) is 0 Å². The largest absolute Gasteiger partial charge is 0.497 e. The Labute approximate surface area is 114 Å². The maximum atomic E-state index is 10.7. The molecule has 2 unspecified atom stereocenters. The van der Waals surface area contributed by atoms with Crippen molar-refractivity contribution in [3.05, 3.63) is 29.8 Å². The van der Waals surface area contributed by atoms with E-state index in [0.29, 0.717) is 12.5 Å². The smallest absolute Gasteiger partial charge is 0.303 e. The minimum atomic E-state index is -0.771. The highest BCUT2D eigenvalue weighted by Gasteiger charge is 2.15. The molecule has 0 aromatic heterocycles. The van der Waals surface area contributed by atoms with Crippen molar-refractivity contribution < 1.29 is 14.6 Å². The molecule has 0 heterocycles. The number of carbonyl (C=O) groups is 1. The fourth-order valence-electron chi connectivity index (χ4n) is 2.33.